The number of likely N-dealkylation sites (N-methyl/N-ethyl adjacent to an activating group) is 2. The van der Waals surface area contributed by atoms with Gasteiger partial charge < -0.3 is 39.7 Å². The van der Waals surface area contributed by atoms with Crippen molar-refractivity contribution in [2.75, 3.05) is 27.2 Å². The third-order valence-corrected chi connectivity index (χ3v) is 14.2. The molecule has 8 unspecified atom stereocenters. The number of H-pyrrole nitrogens is 1. The SMILES string of the molecule is CN1CCC23c4c5ccc(O)c4OC2c2[nH]ncc2CC3(O)C1C5.CN1CCC23c4c5ccc(O)c4OC2c2c(cnn2C)CC3(O)C1C5.II. The zero-order valence-electron chi connectivity index (χ0n) is 28.5. The second-order valence-corrected chi connectivity index (χ2v) is 15.9. The summed E-state index contributed by atoms with van der Waals surface area (Å²) in [7, 11) is 6.13. The first-order valence-electron chi connectivity index (χ1n) is 17.6. The molecule has 0 saturated carbocycles. The van der Waals surface area contributed by atoms with Crippen LogP contribution in [0.4, 0.5) is 0 Å². The Balaban J connectivity index is 0.000000123. The summed E-state index contributed by atoms with van der Waals surface area (Å²) < 4.78 is 14.6. The second kappa shape index (κ2) is 10.7. The van der Waals surface area contributed by atoms with Gasteiger partial charge in [0.05, 0.1) is 45.8 Å². The van der Waals surface area contributed by atoms with Crippen LogP contribution in [0.15, 0.2) is 36.7 Å². The monoisotopic (exact) mass is 918 g/mol. The maximum absolute atomic E-state index is 12.1. The smallest absolute Gasteiger partial charge is 0.166 e. The number of nitrogens with zero attached hydrogens (tertiary/aromatic N) is 5. The fourth-order valence-electron chi connectivity index (χ4n) is 12.1. The Morgan fingerprint density at radius 2 is 1.27 bits per heavy atom. The number of phenols is 2. The molecular weight excluding hydrogens is 878 g/mol. The molecule has 6 heterocycles. The van der Waals surface area contributed by atoms with E-state index in [1.807, 2.05) is 30.1 Å². The number of halogens is 2. The molecule has 2 fully saturated rings. The van der Waals surface area contributed by atoms with Crippen LogP contribution in [0.3, 0.4) is 0 Å². The highest BCUT2D eigenvalue weighted by molar-refractivity contribution is 15.0. The van der Waals surface area contributed by atoms with Crippen LogP contribution in [0.1, 0.15) is 69.8 Å². The van der Waals surface area contributed by atoms with Crippen molar-refractivity contribution in [2.45, 2.75) is 84.8 Å². The minimum Gasteiger partial charge on any atom is -0.504 e. The van der Waals surface area contributed by atoms with Crippen LogP contribution in [-0.4, -0.2) is 101 Å². The fraction of sp³-hybridized carbons (Fsp3) is 0.514. The highest BCUT2D eigenvalue weighted by Gasteiger charge is 2.74. The Kier molecular flexibility index (Phi) is 6.94. The summed E-state index contributed by atoms with van der Waals surface area (Å²) in [6, 6.07) is 7.54. The lowest BCUT2D eigenvalue weighted by Crippen LogP contribution is -2.73. The van der Waals surface area contributed by atoms with E-state index in [1.165, 1.54) is 11.1 Å². The van der Waals surface area contributed by atoms with Crippen LogP contribution < -0.4 is 9.47 Å². The predicted molar refractivity (Wildman–Crippen MR) is 203 cm³/mol. The molecule has 4 aliphatic carbocycles. The summed E-state index contributed by atoms with van der Waals surface area (Å²) in [6.07, 6.45) is 7.39. The Morgan fingerprint density at radius 1 is 0.745 bits per heavy atom. The molecule has 2 aromatic carbocycles. The Bertz CT molecular complexity index is 2140. The molecule has 0 amide bonds. The van der Waals surface area contributed by atoms with Gasteiger partial charge in [-0.05, 0) is 81.7 Å². The maximum atomic E-state index is 12.1. The van der Waals surface area contributed by atoms with E-state index in [0.717, 1.165) is 72.4 Å². The third kappa shape index (κ3) is 3.70. The summed E-state index contributed by atoms with van der Waals surface area (Å²) in [6.45, 7) is 1.82. The van der Waals surface area contributed by atoms with Gasteiger partial charge in [0.1, 0.15) is 0 Å². The number of piperidine rings is 2. The number of likely N-dealkylation sites (tertiary alicyclic amines) is 2. The zero-order valence-corrected chi connectivity index (χ0v) is 32.8. The quantitative estimate of drug-likeness (QED) is 0.165. The number of aryl methyl sites for hydroxylation is 1. The van der Waals surface area contributed by atoms with Crippen molar-refractivity contribution in [3.63, 3.8) is 0 Å². The van der Waals surface area contributed by atoms with Gasteiger partial charge in [-0.3, -0.25) is 9.78 Å². The van der Waals surface area contributed by atoms with Crippen LogP contribution in [-0.2, 0) is 43.6 Å². The van der Waals surface area contributed by atoms with Crippen LogP contribution in [0.25, 0.3) is 0 Å². The van der Waals surface area contributed by atoms with Gasteiger partial charge >= 0.3 is 0 Å². The molecule has 4 bridgehead atoms. The topological polar surface area (TPSA) is 152 Å². The van der Waals surface area contributed by atoms with E-state index in [2.05, 4.69) is 76.4 Å². The number of phenolic OH excluding ortho intramolecular Hbond substituents is 2. The molecule has 8 atom stereocenters. The average molecular weight is 919 g/mol. The molecular formula is C37H40I2N6O6. The first-order valence-corrected chi connectivity index (χ1v) is 23.9. The number of rotatable bonds is 0. The molecule has 5 N–H and O–H groups in total. The molecule has 268 valence electrons. The number of hydrogen-bond donors (Lipinski definition) is 5. The lowest BCUT2D eigenvalue weighted by molar-refractivity contribution is -0.168. The number of hydrogen-bond acceptors (Lipinski definition) is 10. The summed E-state index contributed by atoms with van der Waals surface area (Å²) in [4.78, 5) is 4.57. The van der Waals surface area contributed by atoms with Crippen LogP contribution in [0.5, 0.6) is 23.0 Å². The number of fused-ring (bicyclic) bond motifs is 4. The van der Waals surface area contributed by atoms with E-state index < -0.39 is 22.0 Å². The summed E-state index contributed by atoms with van der Waals surface area (Å²) in [5.41, 5.74) is 5.68. The number of nitrogens with one attached hydrogen (secondary N) is 1. The van der Waals surface area contributed by atoms with E-state index in [-0.39, 0.29) is 35.8 Å². The minimum absolute atomic E-state index is 0.0448. The van der Waals surface area contributed by atoms with Crippen molar-refractivity contribution >= 4 is 37.2 Å². The van der Waals surface area contributed by atoms with E-state index in [4.69, 9.17) is 9.47 Å². The summed E-state index contributed by atoms with van der Waals surface area (Å²) in [5.74, 6) is 1.46. The molecule has 12 nitrogen and oxygen atoms in total. The van der Waals surface area contributed by atoms with Gasteiger partial charge in [-0.25, -0.2) is 0 Å². The molecule has 4 aliphatic heterocycles. The Morgan fingerprint density at radius 3 is 1.86 bits per heavy atom. The normalized spacial score (nSPS) is 36.5. The van der Waals surface area contributed by atoms with Gasteiger partial charge in [0.25, 0.3) is 0 Å². The number of aromatic nitrogens is 4. The van der Waals surface area contributed by atoms with E-state index in [1.54, 1.807) is 18.3 Å². The average Bonchev–Trinajstić information content (AvgIpc) is 3.88. The van der Waals surface area contributed by atoms with E-state index in [0.29, 0.717) is 24.3 Å². The molecule has 2 saturated heterocycles. The van der Waals surface area contributed by atoms with Crippen molar-refractivity contribution in [1.29, 1.82) is 0 Å². The van der Waals surface area contributed by atoms with Crippen LogP contribution in [0.2, 0.25) is 0 Å². The van der Waals surface area contributed by atoms with Crippen molar-refractivity contribution < 1.29 is 29.9 Å². The molecule has 4 aromatic rings. The van der Waals surface area contributed by atoms with E-state index in [9.17, 15) is 20.4 Å². The second-order valence-electron chi connectivity index (χ2n) is 15.9. The summed E-state index contributed by atoms with van der Waals surface area (Å²) >= 11 is 4.24. The maximum Gasteiger partial charge on any atom is 0.166 e. The number of benzene rings is 2. The first-order chi connectivity index (χ1) is 24.5. The molecule has 14 heteroatoms. The summed E-state index contributed by atoms with van der Waals surface area (Å²) in [5, 5.41) is 56.7. The van der Waals surface area contributed by atoms with E-state index >= 15 is 0 Å². The number of aromatic hydroxyl groups is 2. The van der Waals surface area contributed by atoms with Gasteiger partial charge in [0.15, 0.2) is 35.2 Å². The van der Waals surface area contributed by atoms with Gasteiger partial charge in [0, 0.05) is 85.9 Å². The highest BCUT2D eigenvalue weighted by atomic mass is 128. The number of aromatic amines is 1. The van der Waals surface area contributed by atoms with Crippen molar-refractivity contribution in [1.82, 2.24) is 29.8 Å². The van der Waals surface area contributed by atoms with Gasteiger partial charge in [-0.2, -0.15) is 10.2 Å². The molecule has 51 heavy (non-hydrogen) atoms. The largest absolute Gasteiger partial charge is 0.504 e. The number of ether oxygens (including phenoxy) is 2. The molecule has 2 aromatic heterocycles. The zero-order chi connectivity index (χ0) is 35.4. The lowest BCUT2D eigenvalue weighted by atomic mass is 9.49. The van der Waals surface area contributed by atoms with Gasteiger partial charge in [-0.15, -0.1) is 0 Å². The first kappa shape index (κ1) is 33.0. The molecule has 8 aliphatic rings. The van der Waals surface area contributed by atoms with Crippen LogP contribution >= 0.6 is 37.2 Å². The molecule has 0 radical (unpaired) electrons. The highest BCUT2D eigenvalue weighted by Crippen LogP contribution is 2.70. The van der Waals surface area contributed by atoms with Gasteiger partial charge in [0.2, 0.25) is 0 Å². The Labute approximate surface area is 318 Å². The number of aliphatic hydroxyl groups is 2. The third-order valence-electron chi connectivity index (χ3n) is 14.2. The van der Waals surface area contributed by atoms with Crippen LogP contribution in [0, 0.1) is 0 Å². The van der Waals surface area contributed by atoms with Crippen molar-refractivity contribution in [3.8, 4) is 23.0 Å². The predicted octanol–water partition coefficient (Wildman–Crippen LogP) is 3.85. The Hall–Kier alpha value is -2.64. The van der Waals surface area contributed by atoms with Crippen molar-refractivity contribution in [3.05, 3.63) is 81.4 Å². The minimum atomic E-state index is -0.910. The van der Waals surface area contributed by atoms with Crippen molar-refractivity contribution in [2.24, 2.45) is 7.05 Å². The molecule has 12 rings (SSSR count). The standard InChI is InChI=1S/C19H21N3O3.C18H19N3O3.I2/c1-21-6-5-18-14-10-3-4-12(23)16(14)25-17(18)15-11(9-20-22(15)2)8-19(18,24)13(21)7-10;1-21-5-4-17-13-9-2-3-11(22)15(13)24-16(17)14-10(8-19-20-14)7-18(17,23)12(21)6-9;1-2/h3-4,9,13,17,23-24H,5-8H2,1-2H3;2-3,8,12,16,22-23H,4-7H2,1H3,(H,19,20);. The van der Waals surface area contributed by atoms with Gasteiger partial charge in [-0.1, -0.05) is 12.1 Å². The lowest BCUT2D eigenvalue weighted by Gasteiger charge is -2.62. The molecule has 2 spiro atoms. The fourth-order valence-corrected chi connectivity index (χ4v) is 12.1.